The van der Waals surface area contributed by atoms with Gasteiger partial charge in [-0.2, -0.15) is 0 Å². The van der Waals surface area contributed by atoms with Crippen molar-refractivity contribution in [3.05, 3.63) is 153 Å². The number of phenols is 1. The van der Waals surface area contributed by atoms with Crippen LogP contribution < -0.4 is 15.8 Å². The Kier molecular flexibility index (Phi) is 16.7. The van der Waals surface area contributed by atoms with Gasteiger partial charge in [0, 0.05) is 77.1 Å². The third-order valence-electron chi connectivity index (χ3n) is 20.8. The highest BCUT2D eigenvalue weighted by Crippen LogP contribution is 2.63. The summed E-state index contributed by atoms with van der Waals surface area (Å²) in [5, 5.41) is 88.6. The number of nitrogens with one attached hydrogen (secondary N) is 2. The number of nitrogens with two attached hydrogens (primary N) is 1. The van der Waals surface area contributed by atoms with E-state index in [1.807, 2.05) is 24.4 Å². The normalized spacial score (nSPS) is 37.2. The van der Waals surface area contributed by atoms with Crippen LogP contribution in [0.15, 0.2) is 120 Å². The molecule has 0 unspecified atom stereocenters. The van der Waals surface area contributed by atoms with E-state index in [1.54, 1.807) is 21.6 Å². The molecule has 12 rings (SSSR count). The molecule has 426 valence electrons. The molecule has 0 radical (unpaired) electrons. The molecular weight excluding hydrogens is 1040 g/mol. The fourth-order valence-electron chi connectivity index (χ4n) is 17.0. The molecule has 1 spiro atoms. The molecule has 11 nitrogen and oxygen atoms in total. The molecular formula is C67H83N3O8S2. The van der Waals surface area contributed by atoms with Gasteiger partial charge in [-0.3, -0.25) is 0 Å². The van der Waals surface area contributed by atoms with Crippen LogP contribution in [0.4, 0.5) is 0 Å². The summed E-state index contributed by atoms with van der Waals surface area (Å²) in [6.45, 7) is 2.53. The van der Waals surface area contributed by atoms with Crippen LogP contribution in [0.2, 0.25) is 0 Å². The Labute approximate surface area is 480 Å². The fraction of sp³-hybridized carbons (Fsp3) is 0.552. The van der Waals surface area contributed by atoms with Gasteiger partial charge in [0.1, 0.15) is 11.9 Å². The maximum Gasteiger partial charge on any atom is 0.161 e. The molecule has 2 aliphatic heterocycles. The van der Waals surface area contributed by atoms with Gasteiger partial charge < -0.3 is 56.5 Å². The first-order valence-electron chi connectivity index (χ1n) is 30.1. The average molecular weight is 1120 g/mol. The second-order valence-corrected chi connectivity index (χ2v) is 27.7. The number of phenolic OH excluding ortho intramolecular Hbond substituents is 1. The summed E-state index contributed by atoms with van der Waals surface area (Å²) in [5.74, 6) is 8.76. The number of rotatable bonds is 7. The van der Waals surface area contributed by atoms with Gasteiger partial charge in [-0.15, -0.1) is 0 Å². The van der Waals surface area contributed by atoms with E-state index in [2.05, 4.69) is 102 Å². The molecule has 13 heteroatoms. The minimum atomic E-state index is -1.08. The molecule has 0 amide bonds. The van der Waals surface area contributed by atoms with Crippen LogP contribution in [0.1, 0.15) is 116 Å². The quantitative estimate of drug-likeness (QED) is 0.0478. The van der Waals surface area contributed by atoms with Crippen molar-refractivity contribution in [3.63, 3.8) is 0 Å². The lowest BCUT2D eigenvalue weighted by atomic mass is 9.45. The highest BCUT2D eigenvalue weighted by atomic mass is 33.1. The van der Waals surface area contributed by atoms with Crippen molar-refractivity contribution in [1.82, 2.24) is 10.3 Å². The monoisotopic (exact) mass is 1120 g/mol. The van der Waals surface area contributed by atoms with Crippen LogP contribution in [0.25, 0.3) is 0 Å². The second-order valence-electron chi connectivity index (χ2n) is 25.2. The van der Waals surface area contributed by atoms with Crippen molar-refractivity contribution in [2.45, 2.75) is 145 Å². The third-order valence-corrected chi connectivity index (χ3v) is 23.2. The first kappa shape index (κ1) is 55.9. The number of hydrogen-bond donors (Lipinski definition) is 10. The molecule has 80 heavy (non-hydrogen) atoms. The van der Waals surface area contributed by atoms with Crippen molar-refractivity contribution < 1.29 is 40.5 Å². The van der Waals surface area contributed by atoms with E-state index in [4.69, 9.17) is 10.5 Å². The van der Waals surface area contributed by atoms with Gasteiger partial charge in [0.2, 0.25) is 0 Å². The lowest BCUT2D eigenvalue weighted by Gasteiger charge is -2.59. The number of aliphatic hydroxyl groups is 6. The van der Waals surface area contributed by atoms with Crippen LogP contribution >= 0.6 is 21.6 Å². The number of fused-ring (bicyclic) bond motifs is 7. The Morgan fingerprint density at radius 1 is 0.812 bits per heavy atom. The van der Waals surface area contributed by atoms with E-state index in [9.17, 15) is 35.7 Å². The summed E-state index contributed by atoms with van der Waals surface area (Å²) in [6, 6.07) is 27.7. The molecule has 3 heterocycles. The van der Waals surface area contributed by atoms with Crippen LogP contribution in [-0.2, 0) is 25.7 Å². The topological polar surface area (TPSA) is 205 Å². The molecule has 11 N–H and O–H groups in total. The highest BCUT2D eigenvalue weighted by Gasteiger charge is 2.59. The van der Waals surface area contributed by atoms with E-state index >= 15 is 0 Å². The highest BCUT2D eigenvalue weighted by molar-refractivity contribution is 8.76. The summed E-state index contributed by atoms with van der Waals surface area (Å²) in [5.41, 5.74) is 16.3. The van der Waals surface area contributed by atoms with E-state index < -0.39 is 59.8 Å². The number of benzene rings is 3. The van der Waals surface area contributed by atoms with Crippen molar-refractivity contribution in [1.29, 1.82) is 0 Å². The maximum absolute atomic E-state index is 12.8. The van der Waals surface area contributed by atoms with Gasteiger partial charge in [-0.25, -0.2) is 0 Å². The number of dihydropyridines is 1. The average Bonchev–Trinajstić information content (AvgIpc) is 3.98. The number of ether oxygens (including phenoxy) is 1. The zero-order valence-corrected chi connectivity index (χ0v) is 47.8. The lowest BCUT2D eigenvalue weighted by molar-refractivity contribution is -0.123. The molecule has 6 aliphatic carbocycles. The van der Waals surface area contributed by atoms with Crippen molar-refractivity contribution in [2.75, 3.05) is 24.7 Å². The first-order valence-corrected chi connectivity index (χ1v) is 32.6. The standard InChI is InChI=1S/C67H83N3O8S2/c1-2-38-25-44-29-58(75)60(78-61-30-45(26-47-13-8-23-69-47)49-21-24-70-66(68)55(49)37-80-79-36-46(35-71)65(61)77)32-51(44)52-31-59(76)63-43(28-50(38)52)20-22-67(33-48(72)17-19-56(63)73)34-54(40-10-4-3-5-11-40)53-27-42-12-7-6-9-39(42)14-15-41-16-18-57(74)64(67)62(41)53/h3-13,21,23,28-29,32,38,41,43,45-46,48,52-54,56-57,59,61-65,69-77H,2,14-19,24-27,30-31,33-37,68H2,1H3/t38-,41+,43+,45-,46+,48+,52+,53-,54+,56+,57-,59-,61+,62+,63-,64-,65+,67+/m1/s1. The molecule has 2 saturated carbocycles. The second kappa shape index (κ2) is 23.9. The van der Waals surface area contributed by atoms with Crippen molar-refractivity contribution in [2.24, 2.45) is 64.4 Å². The van der Waals surface area contributed by atoms with Crippen LogP contribution in [0.5, 0.6) is 11.5 Å². The minimum Gasteiger partial charge on any atom is -0.504 e. The Hall–Kier alpha value is -4.62. The summed E-state index contributed by atoms with van der Waals surface area (Å²) in [4.78, 5) is 3.38. The molecule has 0 bridgehead atoms. The molecule has 8 aliphatic rings. The molecule has 3 fully saturated rings. The van der Waals surface area contributed by atoms with Gasteiger partial charge in [0.15, 0.2) is 11.5 Å². The fourth-order valence-corrected chi connectivity index (χ4v) is 19.5. The molecule has 18 atom stereocenters. The van der Waals surface area contributed by atoms with E-state index in [-0.39, 0.29) is 59.5 Å². The summed E-state index contributed by atoms with van der Waals surface area (Å²) >= 11 is 0. The van der Waals surface area contributed by atoms with Gasteiger partial charge in [-0.05, 0) is 183 Å². The number of aliphatic hydroxyl groups excluding tert-OH is 6. The van der Waals surface area contributed by atoms with Crippen molar-refractivity contribution in [3.8, 4) is 23.3 Å². The molecule has 1 saturated heterocycles. The van der Waals surface area contributed by atoms with E-state index in [1.165, 1.54) is 22.3 Å². The number of aromatic amines is 1. The molecule has 4 aromatic rings. The van der Waals surface area contributed by atoms with Gasteiger partial charge in [0.25, 0.3) is 0 Å². The first-order chi connectivity index (χ1) is 38.9. The third kappa shape index (κ3) is 10.9. The Morgan fingerprint density at radius 2 is 1.62 bits per heavy atom. The molecule has 3 aromatic carbocycles. The maximum atomic E-state index is 12.8. The lowest BCUT2D eigenvalue weighted by Crippen LogP contribution is -2.57. The number of hydrogen-bond acceptors (Lipinski definition) is 12. The van der Waals surface area contributed by atoms with Crippen LogP contribution in [-0.4, -0.2) is 102 Å². The van der Waals surface area contributed by atoms with Crippen LogP contribution in [0.3, 0.4) is 0 Å². The minimum absolute atomic E-state index is 0.0255. The number of H-pyrrole nitrogens is 1. The van der Waals surface area contributed by atoms with Crippen molar-refractivity contribution >= 4 is 21.6 Å². The summed E-state index contributed by atoms with van der Waals surface area (Å²) in [6.07, 6.45) is 10.6. The zero-order chi connectivity index (χ0) is 55.2. The number of aryl methyl sites for hydroxylation is 1. The predicted molar refractivity (Wildman–Crippen MR) is 317 cm³/mol. The number of aromatic hydroxyl groups is 1. The Morgan fingerprint density at radius 3 is 2.42 bits per heavy atom. The van der Waals surface area contributed by atoms with Gasteiger partial charge in [0.05, 0.1) is 30.5 Å². The summed E-state index contributed by atoms with van der Waals surface area (Å²) < 4.78 is 7.00. The summed E-state index contributed by atoms with van der Waals surface area (Å²) in [7, 11) is 3.25. The number of aromatic nitrogens is 1. The molecule has 1 aromatic heterocycles. The SMILES string of the molecule is CC[C@@H]1Cc2cc(O)c(O[C@H]3C[C@@H](Cc4ccc[nH]4)C4=CCNC(N)=C4CSSC[C@H](CO)[C@@H]3O)cc2[C@H]2C[C@@H](O)[C@@H]3[C@@H](C#C[C@]4(C[C@@H](O)CC[C@@H]3O)C[C@@H](c3ccccc3)[C@H]3Cc5ccccc5CC[C@H]5CC[C@@H](O)[C@@H]4[C@@H]53)C=C12. The van der Waals surface area contributed by atoms with Crippen LogP contribution in [0, 0.1) is 70.5 Å². The smallest absolute Gasteiger partial charge is 0.161 e. The van der Waals surface area contributed by atoms with E-state index in [0.29, 0.717) is 87.6 Å². The Bertz CT molecular complexity index is 2990. The Balaban J connectivity index is 0.934. The zero-order valence-electron chi connectivity index (χ0n) is 46.2. The number of allylic oxidation sites excluding steroid dienone is 3. The predicted octanol–water partition coefficient (Wildman–Crippen LogP) is 9.26. The van der Waals surface area contributed by atoms with Gasteiger partial charge >= 0.3 is 0 Å². The largest absolute Gasteiger partial charge is 0.504 e. The van der Waals surface area contributed by atoms with Gasteiger partial charge in [-0.1, -0.05) is 113 Å². The van der Waals surface area contributed by atoms with E-state index in [0.717, 1.165) is 60.1 Å².